The number of phenolic OH excluding ortho intramolecular Hbond substituents is 4. The van der Waals surface area contributed by atoms with Crippen LogP contribution in [0, 0.1) is 24.7 Å². The second-order valence-electron chi connectivity index (χ2n) is 15.1. The topological polar surface area (TPSA) is 149 Å². The molecule has 6 rings (SSSR count). The third-order valence-corrected chi connectivity index (χ3v) is 11.9. The third-order valence-electron chi connectivity index (χ3n) is 11.9. The molecule has 0 fully saturated rings. The highest BCUT2D eigenvalue weighted by atomic mass is 16.3. The minimum absolute atomic E-state index is 0.0517. The van der Waals surface area contributed by atoms with Gasteiger partial charge in [0.15, 0.2) is 23.1 Å². The summed E-state index contributed by atoms with van der Waals surface area (Å²) in [5, 5.41) is 47.2. The van der Waals surface area contributed by atoms with Gasteiger partial charge >= 0.3 is 0 Å². The molecule has 0 saturated carbocycles. The van der Waals surface area contributed by atoms with Gasteiger partial charge in [0.2, 0.25) is 0 Å². The van der Waals surface area contributed by atoms with E-state index in [1.807, 2.05) is 27.7 Å². The van der Waals surface area contributed by atoms with Gasteiger partial charge in [-0.15, -0.1) is 0 Å². The summed E-state index contributed by atoms with van der Waals surface area (Å²) in [5.74, 6) is -4.62. The van der Waals surface area contributed by atoms with Crippen molar-refractivity contribution in [2.45, 2.75) is 92.9 Å². The van der Waals surface area contributed by atoms with Crippen molar-refractivity contribution in [3.63, 3.8) is 0 Å². The molecular formula is C40H42O8. The van der Waals surface area contributed by atoms with Gasteiger partial charge in [-0.25, -0.2) is 0 Å². The second-order valence-corrected chi connectivity index (χ2v) is 15.1. The Labute approximate surface area is 279 Å². The van der Waals surface area contributed by atoms with Crippen molar-refractivity contribution in [1.29, 1.82) is 0 Å². The van der Waals surface area contributed by atoms with E-state index in [2.05, 4.69) is 0 Å². The standard InChI is InChI=1S/C40H42O8/c1-11-21-17(3)13-19-15-23-27(31(43)25(19)29(21)41)33(45)39(9,35(47)37(23,5)6)40(10)34(46)28-24(38(7,8)36(40)48)16-20-14-18(4)22(12-2)30(42)26(20)32(28)44/h13-16,41-44H,11-12H2,1-10H3/t39-,40+. The fourth-order valence-corrected chi connectivity index (χ4v) is 8.87. The van der Waals surface area contributed by atoms with E-state index >= 15 is 0 Å². The summed E-state index contributed by atoms with van der Waals surface area (Å²) in [6.07, 6.45) is 0.921. The van der Waals surface area contributed by atoms with Gasteiger partial charge in [0, 0.05) is 0 Å². The van der Waals surface area contributed by atoms with E-state index < -0.39 is 56.3 Å². The van der Waals surface area contributed by atoms with Gasteiger partial charge < -0.3 is 20.4 Å². The number of aromatic hydroxyl groups is 4. The van der Waals surface area contributed by atoms with Crippen LogP contribution >= 0.6 is 0 Å². The molecule has 4 N–H and O–H groups in total. The molecule has 0 radical (unpaired) electrons. The van der Waals surface area contributed by atoms with Crippen LogP contribution in [0.3, 0.4) is 0 Å². The smallest absolute Gasteiger partial charge is 0.181 e. The Kier molecular flexibility index (Phi) is 6.85. The predicted molar refractivity (Wildman–Crippen MR) is 184 cm³/mol. The van der Waals surface area contributed by atoms with Crippen molar-refractivity contribution in [2.75, 3.05) is 0 Å². The van der Waals surface area contributed by atoms with Gasteiger partial charge in [0.05, 0.1) is 32.7 Å². The van der Waals surface area contributed by atoms with Crippen molar-refractivity contribution in [3.8, 4) is 23.0 Å². The average molecular weight is 651 g/mol. The van der Waals surface area contributed by atoms with Crippen molar-refractivity contribution in [1.82, 2.24) is 0 Å². The monoisotopic (exact) mass is 650 g/mol. The first kappa shape index (κ1) is 33.2. The maximum atomic E-state index is 15.0. The number of benzene rings is 4. The molecule has 8 heteroatoms. The number of phenols is 4. The van der Waals surface area contributed by atoms with Gasteiger partial charge in [0.25, 0.3) is 0 Å². The van der Waals surface area contributed by atoms with E-state index in [4.69, 9.17) is 0 Å². The number of carbonyl (C=O) groups is 4. The Balaban J connectivity index is 1.70. The minimum Gasteiger partial charge on any atom is -0.507 e. The number of hydrogen-bond donors (Lipinski definition) is 4. The Morgan fingerprint density at radius 1 is 0.521 bits per heavy atom. The molecule has 4 aromatic rings. The number of aryl methyl sites for hydroxylation is 2. The lowest BCUT2D eigenvalue weighted by molar-refractivity contribution is -0.146. The number of hydrogen-bond acceptors (Lipinski definition) is 8. The van der Waals surface area contributed by atoms with E-state index in [-0.39, 0.29) is 44.5 Å². The van der Waals surface area contributed by atoms with Crippen LogP contribution in [0.15, 0.2) is 24.3 Å². The summed E-state index contributed by atoms with van der Waals surface area (Å²) in [5.41, 5.74) is -4.88. The van der Waals surface area contributed by atoms with Gasteiger partial charge in [-0.2, -0.15) is 0 Å². The molecule has 2 aliphatic rings. The van der Waals surface area contributed by atoms with Crippen molar-refractivity contribution >= 4 is 44.7 Å². The number of fused-ring (bicyclic) bond motifs is 4. The zero-order chi connectivity index (χ0) is 35.8. The van der Waals surface area contributed by atoms with Crippen LogP contribution in [0.1, 0.15) is 109 Å². The molecule has 8 nitrogen and oxygen atoms in total. The largest absolute Gasteiger partial charge is 0.507 e. The molecule has 0 aliphatic heterocycles. The van der Waals surface area contributed by atoms with Gasteiger partial charge in [-0.3, -0.25) is 19.2 Å². The summed E-state index contributed by atoms with van der Waals surface area (Å²) < 4.78 is 0. The Hall–Kier alpha value is -4.72. The molecule has 0 unspecified atom stereocenters. The van der Waals surface area contributed by atoms with Crippen LogP contribution in [0.4, 0.5) is 0 Å². The lowest BCUT2D eigenvalue weighted by Crippen LogP contribution is -2.67. The Morgan fingerprint density at radius 3 is 1.12 bits per heavy atom. The van der Waals surface area contributed by atoms with Crippen LogP contribution in [0.5, 0.6) is 23.0 Å². The van der Waals surface area contributed by atoms with E-state index in [0.717, 1.165) is 11.1 Å². The zero-order valence-corrected chi connectivity index (χ0v) is 29.1. The summed E-state index contributed by atoms with van der Waals surface area (Å²) in [6.45, 7) is 16.3. The highest BCUT2D eigenvalue weighted by molar-refractivity contribution is 6.34. The van der Waals surface area contributed by atoms with Crippen LogP contribution in [0.2, 0.25) is 0 Å². The molecule has 4 aromatic carbocycles. The number of rotatable bonds is 3. The molecule has 0 aromatic heterocycles. The first-order valence-corrected chi connectivity index (χ1v) is 16.4. The van der Waals surface area contributed by atoms with E-state index in [1.54, 1.807) is 52.0 Å². The second kappa shape index (κ2) is 9.91. The lowest BCUT2D eigenvalue weighted by Gasteiger charge is -2.53. The molecule has 0 spiro atoms. The normalized spacial score (nSPS) is 23.1. The SMILES string of the molecule is CCc1c(C)cc2cc3c(c(O)c2c1O)C(=O)[C@](C)([C@]1(C)C(=O)c2c(cc4cc(C)c(CC)c(O)c4c2O)C(C)(C)C1=O)C(=O)C3(C)C. The molecule has 48 heavy (non-hydrogen) atoms. The van der Waals surface area contributed by atoms with Gasteiger partial charge in [-0.05, 0) is 125 Å². The first-order valence-electron chi connectivity index (χ1n) is 16.4. The van der Waals surface area contributed by atoms with Crippen LogP contribution < -0.4 is 0 Å². The average Bonchev–Trinajstić information content (AvgIpc) is 3.00. The molecule has 0 saturated heterocycles. The lowest BCUT2D eigenvalue weighted by atomic mass is 9.44. The van der Waals surface area contributed by atoms with E-state index in [0.29, 0.717) is 34.7 Å². The first-order chi connectivity index (χ1) is 22.2. The molecule has 2 atom stereocenters. The number of Topliss-reactive ketones (excluding diaryl/α,β-unsaturated/α-hetero) is 4. The maximum Gasteiger partial charge on any atom is 0.181 e. The highest BCUT2D eigenvalue weighted by Crippen LogP contribution is 2.61. The molecule has 0 heterocycles. The molecule has 2 aliphatic carbocycles. The van der Waals surface area contributed by atoms with Gasteiger partial charge in [-0.1, -0.05) is 26.0 Å². The van der Waals surface area contributed by atoms with Crippen molar-refractivity contribution in [3.05, 3.63) is 68.8 Å². The summed E-state index contributed by atoms with van der Waals surface area (Å²) >= 11 is 0. The zero-order valence-electron chi connectivity index (χ0n) is 29.1. The van der Waals surface area contributed by atoms with Crippen molar-refractivity contribution < 1.29 is 39.6 Å². The molecular weight excluding hydrogens is 608 g/mol. The minimum atomic E-state index is -2.34. The quantitative estimate of drug-likeness (QED) is 0.168. The molecule has 0 amide bonds. The fraction of sp³-hybridized carbons (Fsp3) is 0.400. The predicted octanol–water partition coefficient (Wildman–Crippen LogP) is 7.36. The van der Waals surface area contributed by atoms with Crippen LogP contribution in [0.25, 0.3) is 21.5 Å². The summed E-state index contributed by atoms with van der Waals surface area (Å²) in [6, 6.07) is 6.81. The van der Waals surface area contributed by atoms with E-state index in [1.165, 1.54) is 13.8 Å². The van der Waals surface area contributed by atoms with Crippen LogP contribution in [-0.2, 0) is 33.3 Å². The third kappa shape index (κ3) is 3.61. The maximum absolute atomic E-state index is 15.0. The Bertz CT molecular complexity index is 2060. The van der Waals surface area contributed by atoms with Crippen molar-refractivity contribution in [2.24, 2.45) is 10.8 Å². The van der Waals surface area contributed by atoms with E-state index in [9.17, 15) is 39.6 Å². The number of carbonyl (C=O) groups excluding carboxylic acids is 4. The molecule has 250 valence electrons. The molecule has 0 bridgehead atoms. The van der Waals surface area contributed by atoms with Gasteiger partial charge in [0.1, 0.15) is 33.8 Å². The number of ketones is 4. The highest BCUT2D eigenvalue weighted by Gasteiger charge is 2.71. The fourth-order valence-electron chi connectivity index (χ4n) is 8.87. The summed E-state index contributed by atoms with van der Waals surface area (Å²) in [4.78, 5) is 59.6. The Morgan fingerprint density at radius 2 is 0.833 bits per heavy atom. The summed E-state index contributed by atoms with van der Waals surface area (Å²) in [7, 11) is 0. The van der Waals surface area contributed by atoms with Crippen LogP contribution in [-0.4, -0.2) is 43.6 Å².